The molecule has 3 aromatic rings. The van der Waals surface area contributed by atoms with Crippen molar-refractivity contribution in [2.24, 2.45) is 0 Å². The van der Waals surface area contributed by atoms with Crippen molar-refractivity contribution in [1.29, 1.82) is 0 Å². The molecule has 0 unspecified atom stereocenters. The molecular formula is C22H22F2N2O2S. The molecule has 0 fully saturated rings. The summed E-state index contributed by atoms with van der Waals surface area (Å²) in [5.74, 6) is -0.997. The minimum absolute atomic E-state index is 0.00477. The monoisotopic (exact) mass is 416 g/mol. The number of thiophene rings is 1. The molecule has 1 amide bonds. The van der Waals surface area contributed by atoms with Gasteiger partial charge in [-0.15, -0.1) is 11.3 Å². The number of rotatable bonds is 8. The maximum absolute atomic E-state index is 13.5. The number of carbonyl (C=O) groups is 1. The minimum atomic E-state index is -0.512. The first-order valence-corrected chi connectivity index (χ1v) is 10.0. The van der Waals surface area contributed by atoms with Gasteiger partial charge < -0.3 is 10.4 Å². The van der Waals surface area contributed by atoms with Crippen molar-refractivity contribution >= 4 is 17.2 Å². The fraction of sp³-hybridized carbons (Fsp3) is 0.227. The van der Waals surface area contributed by atoms with Gasteiger partial charge in [0.2, 0.25) is 5.91 Å². The van der Waals surface area contributed by atoms with Crippen LogP contribution in [0.4, 0.5) is 8.78 Å². The lowest BCUT2D eigenvalue weighted by atomic mass is 10.0. The fourth-order valence-corrected chi connectivity index (χ4v) is 3.99. The topological polar surface area (TPSA) is 52.6 Å². The Bertz CT molecular complexity index is 932. The van der Waals surface area contributed by atoms with Gasteiger partial charge in [0.15, 0.2) is 0 Å². The van der Waals surface area contributed by atoms with Gasteiger partial charge in [0.05, 0.1) is 25.2 Å². The Labute approximate surface area is 172 Å². The van der Waals surface area contributed by atoms with Crippen molar-refractivity contribution in [2.45, 2.75) is 12.1 Å². The Morgan fingerprint density at radius 3 is 2.45 bits per heavy atom. The zero-order valence-electron chi connectivity index (χ0n) is 15.9. The Hall–Kier alpha value is -2.61. The molecule has 0 bridgehead atoms. The molecule has 4 nitrogen and oxygen atoms in total. The second-order valence-electron chi connectivity index (χ2n) is 6.74. The average Bonchev–Trinajstić information content (AvgIpc) is 3.22. The van der Waals surface area contributed by atoms with Crippen molar-refractivity contribution in [3.8, 4) is 0 Å². The molecular weight excluding hydrogens is 394 g/mol. The number of hydrogen-bond acceptors (Lipinski definition) is 4. The van der Waals surface area contributed by atoms with E-state index in [0.29, 0.717) is 5.56 Å². The third-order valence-corrected chi connectivity index (χ3v) is 5.60. The van der Waals surface area contributed by atoms with E-state index in [-0.39, 0.29) is 24.9 Å². The highest BCUT2D eigenvalue weighted by molar-refractivity contribution is 7.10. The van der Waals surface area contributed by atoms with E-state index in [1.807, 2.05) is 17.5 Å². The van der Waals surface area contributed by atoms with Gasteiger partial charge in [0.25, 0.3) is 0 Å². The van der Waals surface area contributed by atoms with Crippen LogP contribution in [0.5, 0.6) is 0 Å². The van der Waals surface area contributed by atoms with Crippen LogP contribution in [0.15, 0.2) is 66.0 Å². The van der Waals surface area contributed by atoms with Gasteiger partial charge in [-0.25, -0.2) is 8.78 Å². The van der Waals surface area contributed by atoms with E-state index in [0.717, 1.165) is 10.4 Å². The molecule has 0 spiro atoms. The van der Waals surface area contributed by atoms with Crippen molar-refractivity contribution < 1.29 is 18.7 Å². The van der Waals surface area contributed by atoms with E-state index in [9.17, 15) is 18.7 Å². The Balaban J connectivity index is 1.73. The molecule has 7 heteroatoms. The number of benzene rings is 2. The number of nitrogens with zero attached hydrogens (tertiary/aromatic N) is 1. The summed E-state index contributed by atoms with van der Waals surface area (Å²) in [6.07, 6.45) is 0. The standard InChI is InChI=1S/C22H22F2N2O2S/c1-26(19(14-27)16-4-2-5-18(24)12-16)13-21(28)25-22(20-6-3-11-29-20)15-7-9-17(23)10-8-15/h2-12,19,22,27H,13-14H2,1H3,(H,25,28)/t19-,22-/m0/s1. The lowest BCUT2D eigenvalue weighted by Crippen LogP contribution is -2.39. The summed E-state index contributed by atoms with van der Waals surface area (Å²) in [6, 6.07) is 14.9. The maximum Gasteiger partial charge on any atom is 0.234 e. The zero-order valence-corrected chi connectivity index (χ0v) is 16.7. The third-order valence-electron chi connectivity index (χ3n) is 4.67. The second-order valence-corrected chi connectivity index (χ2v) is 7.72. The van der Waals surface area contributed by atoms with E-state index in [4.69, 9.17) is 0 Å². The van der Waals surface area contributed by atoms with Crippen LogP contribution in [0.3, 0.4) is 0 Å². The molecule has 0 aliphatic rings. The van der Waals surface area contributed by atoms with Gasteiger partial charge >= 0.3 is 0 Å². The molecule has 1 heterocycles. The number of amides is 1. The van der Waals surface area contributed by atoms with E-state index in [1.165, 1.54) is 35.6 Å². The highest BCUT2D eigenvalue weighted by Crippen LogP contribution is 2.26. The quantitative estimate of drug-likeness (QED) is 0.586. The summed E-state index contributed by atoms with van der Waals surface area (Å²) >= 11 is 1.50. The molecule has 29 heavy (non-hydrogen) atoms. The molecule has 2 aromatic carbocycles. The normalized spacial score (nSPS) is 13.3. The largest absolute Gasteiger partial charge is 0.394 e. The molecule has 1 aromatic heterocycles. The summed E-state index contributed by atoms with van der Waals surface area (Å²) in [5.41, 5.74) is 1.37. The zero-order chi connectivity index (χ0) is 20.8. The van der Waals surface area contributed by atoms with Crippen LogP contribution in [0, 0.1) is 11.6 Å². The molecule has 0 aliphatic heterocycles. The molecule has 0 radical (unpaired) electrons. The molecule has 2 atom stereocenters. The van der Waals surface area contributed by atoms with Gasteiger partial charge in [0.1, 0.15) is 11.6 Å². The van der Waals surface area contributed by atoms with Gasteiger partial charge in [-0.3, -0.25) is 9.69 Å². The van der Waals surface area contributed by atoms with E-state index >= 15 is 0 Å². The van der Waals surface area contributed by atoms with E-state index < -0.39 is 17.9 Å². The Morgan fingerprint density at radius 2 is 1.83 bits per heavy atom. The molecule has 0 saturated carbocycles. The van der Waals surface area contributed by atoms with E-state index in [1.54, 1.807) is 36.2 Å². The predicted octanol–water partition coefficient (Wildman–Crippen LogP) is 3.90. The third kappa shape index (κ3) is 5.47. The van der Waals surface area contributed by atoms with Crippen LogP contribution in [0.1, 0.15) is 28.1 Å². The SMILES string of the molecule is CN(CC(=O)N[C@@H](c1ccc(F)cc1)c1cccs1)[C@@H](CO)c1cccc(F)c1. The van der Waals surface area contributed by atoms with Crippen molar-refractivity contribution in [2.75, 3.05) is 20.2 Å². The van der Waals surface area contributed by atoms with Gasteiger partial charge in [-0.2, -0.15) is 0 Å². The van der Waals surface area contributed by atoms with Gasteiger partial charge in [0, 0.05) is 4.88 Å². The highest BCUT2D eigenvalue weighted by atomic mass is 32.1. The molecule has 2 N–H and O–H groups in total. The minimum Gasteiger partial charge on any atom is -0.394 e. The summed E-state index contributed by atoms with van der Waals surface area (Å²) in [6.45, 7) is -0.246. The first-order valence-electron chi connectivity index (χ1n) is 9.12. The van der Waals surface area contributed by atoms with Crippen LogP contribution >= 0.6 is 11.3 Å². The van der Waals surface area contributed by atoms with Crippen LogP contribution in [-0.2, 0) is 4.79 Å². The molecule has 152 valence electrons. The number of likely N-dealkylation sites (N-methyl/N-ethyl adjacent to an activating group) is 1. The number of aliphatic hydroxyl groups excluding tert-OH is 1. The van der Waals surface area contributed by atoms with Gasteiger partial charge in [-0.1, -0.05) is 30.3 Å². The lowest BCUT2D eigenvalue weighted by molar-refractivity contribution is -0.123. The van der Waals surface area contributed by atoms with Crippen LogP contribution in [0.2, 0.25) is 0 Å². The fourth-order valence-electron chi connectivity index (χ4n) is 3.19. The molecule has 0 aliphatic carbocycles. The summed E-state index contributed by atoms with van der Waals surface area (Å²) in [4.78, 5) is 15.3. The first kappa shape index (κ1) is 21.1. The van der Waals surface area contributed by atoms with Crippen molar-refractivity contribution in [1.82, 2.24) is 10.2 Å². The predicted molar refractivity (Wildman–Crippen MR) is 110 cm³/mol. The summed E-state index contributed by atoms with van der Waals surface area (Å²) in [7, 11) is 1.70. The van der Waals surface area contributed by atoms with Crippen LogP contribution < -0.4 is 5.32 Å². The highest BCUT2D eigenvalue weighted by Gasteiger charge is 2.22. The molecule has 0 saturated heterocycles. The summed E-state index contributed by atoms with van der Waals surface area (Å²) < 4.78 is 26.8. The smallest absolute Gasteiger partial charge is 0.234 e. The number of aliphatic hydroxyl groups is 1. The van der Waals surface area contributed by atoms with Gasteiger partial charge in [-0.05, 0) is 53.9 Å². The average molecular weight is 416 g/mol. The number of halogens is 2. The first-order chi connectivity index (χ1) is 14.0. The number of hydrogen-bond donors (Lipinski definition) is 2. The number of carbonyl (C=O) groups excluding carboxylic acids is 1. The maximum atomic E-state index is 13.5. The summed E-state index contributed by atoms with van der Waals surface area (Å²) in [5, 5.41) is 14.7. The van der Waals surface area contributed by atoms with Crippen LogP contribution in [-0.4, -0.2) is 36.1 Å². The Morgan fingerprint density at radius 1 is 1.07 bits per heavy atom. The number of nitrogens with one attached hydrogen (secondary N) is 1. The second kappa shape index (κ2) is 9.73. The Kier molecular flexibility index (Phi) is 7.09. The van der Waals surface area contributed by atoms with Crippen molar-refractivity contribution in [3.05, 3.63) is 93.7 Å². The molecule has 3 rings (SSSR count). The van der Waals surface area contributed by atoms with Crippen molar-refractivity contribution in [3.63, 3.8) is 0 Å². The lowest BCUT2D eigenvalue weighted by Gasteiger charge is -2.27. The van der Waals surface area contributed by atoms with Crippen LogP contribution in [0.25, 0.3) is 0 Å². The van der Waals surface area contributed by atoms with E-state index in [2.05, 4.69) is 5.32 Å².